The van der Waals surface area contributed by atoms with Gasteiger partial charge >= 0.3 is 0 Å². The summed E-state index contributed by atoms with van der Waals surface area (Å²) >= 11 is 0. The van der Waals surface area contributed by atoms with Crippen LogP contribution in [0.3, 0.4) is 0 Å². The Kier molecular flexibility index (Phi) is 4.34. The molecule has 3 rings (SSSR count). The minimum atomic E-state index is -0.114. The summed E-state index contributed by atoms with van der Waals surface area (Å²) in [6.07, 6.45) is 2.49. The summed E-state index contributed by atoms with van der Waals surface area (Å²) < 4.78 is 12.6. The van der Waals surface area contributed by atoms with E-state index in [1.54, 1.807) is 29.9 Å². The van der Waals surface area contributed by atoms with E-state index in [2.05, 4.69) is 17.2 Å². The van der Waals surface area contributed by atoms with Crippen molar-refractivity contribution in [2.45, 2.75) is 19.1 Å². The third kappa shape index (κ3) is 3.22. The molecule has 0 bridgehead atoms. The molecule has 2 heterocycles. The molecule has 2 aromatic rings. The van der Waals surface area contributed by atoms with Gasteiger partial charge < -0.3 is 14.4 Å². The number of methoxy groups -OCH3 is 1. The van der Waals surface area contributed by atoms with E-state index in [9.17, 15) is 4.79 Å². The number of benzene rings is 1. The highest BCUT2D eigenvalue weighted by molar-refractivity contribution is 5.96. The average molecular weight is 315 g/mol. The van der Waals surface area contributed by atoms with Gasteiger partial charge in [-0.05, 0) is 11.1 Å². The number of likely N-dealkylation sites (N-methyl/N-ethyl adjacent to an activating group) is 1. The zero-order valence-electron chi connectivity index (χ0n) is 13.7. The Morgan fingerprint density at radius 1 is 1.43 bits per heavy atom. The molecule has 1 aliphatic rings. The van der Waals surface area contributed by atoms with E-state index in [0.29, 0.717) is 24.6 Å². The Morgan fingerprint density at radius 2 is 2.17 bits per heavy atom. The summed E-state index contributed by atoms with van der Waals surface area (Å²) in [5, 5.41) is 4.12. The number of aryl methyl sites for hydroxylation is 1. The van der Waals surface area contributed by atoms with Gasteiger partial charge in [0.25, 0.3) is 5.91 Å². The van der Waals surface area contributed by atoms with E-state index in [-0.39, 0.29) is 12.0 Å². The van der Waals surface area contributed by atoms with Crippen LogP contribution in [0.5, 0.6) is 5.88 Å². The molecule has 0 saturated heterocycles. The minimum absolute atomic E-state index is 0.00140. The predicted octanol–water partition coefficient (Wildman–Crippen LogP) is 1.64. The maximum Gasteiger partial charge on any atom is 0.260 e. The van der Waals surface area contributed by atoms with Gasteiger partial charge in [0.05, 0.1) is 19.8 Å². The number of aromatic nitrogens is 2. The van der Waals surface area contributed by atoms with Gasteiger partial charge in [0, 0.05) is 33.3 Å². The molecule has 0 radical (unpaired) electrons. The van der Waals surface area contributed by atoms with E-state index in [4.69, 9.17) is 9.47 Å². The molecule has 1 aliphatic heterocycles. The van der Waals surface area contributed by atoms with Crippen LogP contribution < -0.4 is 4.74 Å². The van der Waals surface area contributed by atoms with Gasteiger partial charge in [0.2, 0.25) is 5.88 Å². The Bertz CT molecular complexity index is 711. The predicted molar refractivity (Wildman–Crippen MR) is 85.4 cm³/mol. The van der Waals surface area contributed by atoms with Gasteiger partial charge in [-0.25, -0.2) is 0 Å². The van der Waals surface area contributed by atoms with Crippen molar-refractivity contribution < 1.29 is 14.3 Å². The first-order chi connectivity index (χ1) is 11.1. The minimum Gasteiger partial charge on any atom is -0.479 e. The van der Waals surface area contributed by atoms with Crippen molar-refractivity contribution >= 4 is 5.91 Å². The second kappa shape index (κ2) is 6.42. The molecule has 0 unspecified atom stereocenters. The first-order valence-corrected chi connectivity index (χ1v) is 7.60. The SMILES string of the molecule is COc1nn(C)cc1C(=O)N(C)C[C@H]1Cc2ccccc2CO1. The van der Waals surface area contributed by atoms with Crippen LogP contribution in [0.1, 0.15) is 21.5 Å². The average Bonchev–Trinajstić information content (AvgIpc) is 2.95. The summed E-state index contributed by atoms with van der Waals surface area (Å²) in [7, 11) is 5.05. The van der Waals surface area contributed by atoms with E-state index >= 15 is 0 Å². The Morgan fingerprint density at radius 3 is 2.91 bits per heavy atom. The molecule has 0 fully saturated rings. The molecule has 1 amide bonds. The molecular formula is C17H21N3O3. The number of nitrogens with zero attached hydrogens (tertiary/aromatic N) is 3. The van der Waals surface area contributed by atoms with E-state index in [0.717, 1.165) is 6.42 Å². The molecule has 6 heteroatoms. The first kappa shape index (κ1) is 15.6. The number of hydrogen-bond donors (Lipinski definition) is 0. The summed E-state index contributed by atoms with van der Waals surface area (Å²) in [4.78, 5) is 14.3. The fourth-order valence-electron chi connectivity index (χ4n) is 2.89. The fraction of sp³-hybridized carbons (Fsp3) is 0.412. The molecule has 1 aromatic carbocycles. The molecule has 23 heavy (non-hydrogen) atoms. The quantitative estimate of drug-likeness (QED) is 0.861. The zero-order valence-corrected chi connectivity index (χ0v) is 13.7. The highest BCUT2D eigenvalue weighted by Gasteiger charge is 2.25. The van der Waals surface area contributed by atoms with Crippen LogP contribution >= 0.6 is 0 Å². The van der Waals surface area contributed by atoms with E-state index in [1.165, 1.54) is 18.2 Å². The lowest BCUT2D eigenvalue weighted by Gasteiger charge is -2.29. The fourth-order valence-corrected chi connectivity index (χ4v) is 2.89. The number of fused-ring (bicyclic) bond motifs is 1. The summed E-state index contributed by atoms with van der Waals surface area (Å²) in [6, 6.07) is 8.27. The third-order valence-corrected chi connectivity index (χ3v) is 4.08. The van der Waals surface area contributed by atoms with Gasteiger partial charge in [-0.3, -0.25) is 9.48 Å². The van der Waals surface area contributed by atoms with E-state index in [1.807, 2.05) is 12.1 Å². The maximum atomic E-state index is 12.6. The van der Waals surface area contributed by atoms with Crippen molar-refractivity contribution in [1.82, 2.24) is 14.7 Å². The highest BCUT2D eigenvalue weighted by atomic mass is 16.5. The monoisotopic (exact) mass is 315 g/mol. The number of carbonyl (C=O) groups excluding carboxylic acids is 1. The molecule has 6 nitrogen and oxygen atoms in total. The molecule has 0 aliphatic carbocycles. The number of rotatable bonds is 4. The summed E-state index contributed by atoms with van der Waals surface area (Å²) in [5.74, 6) is 0.233. The van der Waals surface area contributed by atoms with Crippen molar-refractivity contribution in [3.63, 3.8) is 0 Å². The van der Waals surface area contributed by atoms with Crippen molar-refractivity contribution in [3.05, 3.63) is 47.2 Å². The van der Waals surface area contributed by atoms with Gasteiger partial charge in [0.15, 0.2) is 0 Å². The third-order valence-electron chi connectivity index (χ3n) is 4.08. The number of amides is 1. The number of hydrogen-bond acceptors (Lipinski definition) is 4. The van der Waals surface area contributed by atoms with Crippen molar-refractivity contribution in [2.24, 2.45) is 7.05 Å². The largest absolute Gasteiger partial charge is 0.479 e. The molecule has 122 valence electrons. The Labute approximate surface area is 135 Å². The van der Waals surface area contributed by atoms with E-state index < -0.39 is 0 Å². The summed E-state index contributed by atoms with van der Waals surface area (Å²) in [5.41, 5.74) is 2.99. The molecule has 0 saturated carbocycles. The molecule has 0 spiro atoms. The van der Waals surface area contributed by atoms with Gasteiger partial charge in [0.1, 0.15) is 5.56 Å². The molecule has 1 aromatic heterocycles. The summed E-state index contributed by atoms with van der Waals surface area (Å²) in [6.45, 7) is 1.13. The normalized spacial score (nSPS) is 16.7. The molecule has 1 atom stereocenters. The second-order valence-corrected chi connectivity index (χ2v) is 5.82. The van der Waals surface area contributed by atoms with Crippen LogP contribution in [0.4, 0.5) is 0 Å². The van der Waals surface area contributed by atoms with Crippen molar-refractivity contribution in [1.29, 1.82) is 0 Å². The second-order valence-electron chi connectivity index (χ2n) is 5.82. The molecular weight excluding hydrogens is 294 g/mol. The van der Waals surface area contributed by atoms with Gasteiger partial charge in [-0.1, -0.05) is 24.3 Å². The first-order valence-electron chi connectivity index (χ1n) is 7.60. The lowest BCUT2D eigenvalue weighted by atomic mass is 9.99. The maximum absolute atomic E-state index is 12.6. The van der Waals surface area contributed by atoms with Crippen LogP contribution in [-0.2, 0) is 24.8 Å². The van der Waals surface area contributed by atoms with Crippen LogP contribution in [-0.4, -0.2) is 47.4 Å². The Balaban J connectivity index is 1.67. The van der Waals surface area contributed by atoms with Crippen LogP contribution in [0.15, 0.2) is 30.5 Å². The van der Waals surface area contributed by atoms with Crippen LogP contribution in [0.25, 0.3) is 0 Å². The number of carbonyl (C=O) groups is 1. The number of ether oxygens (including phenoxy) is 2. The lowest BCUT2D eigenvalue weighted by molar-refractivity contribution is 0.00978. The van der Waals surface area contributed by atoms with Gasteiger partial charge in [-0.2, -0.15) is 0 Å². The van der Waals surface area contributed by atoms with Crippen molar-refractivity contribution in [3.8, 4) is 5.88 Å². The lowest BCUT2D eigenvalue weighted by Crippen LogP contribution is -2.38. The van der Waals surface area contributed by atoms with Crippen LogP contribution in [0, 0.1) is 0 Å². The topological polar surface area (TPSA) is 56.6 Å². The zero-order chi connectivity index (χ0) is 16.4. The van der Waals surface area contributed by atoms with Crippen LogP contribution in [0.2, 0.25) is 0 Å². The smallest absolute Gasteiger partial charge is 0.260 e. The standard InChI is InChI=1S/C17H21N3O3/c1-19(17(21)15-10-20(2)18-16(15)22-3)9-14-8-12-6-4-5-7-13(12)11-23-14/h4-7,10,14H,8-9,11H2,1-3H3/t14-/m1/s1. The molecule has 0 N–H and O–H groups in total. The van der Waals surface area contributed by atoms with Crippen molar-refractivity contribution in [2.75, 3.05) is 20.7 Å². The Hall–Kier alpha value is -2.34. The van der Waals surface area contributed by atoms with Gasteiger partial charge in [-0.15, -0.1) is 5.10 Å². The highest BCUT2D eigenvalue weighted by Crippen LogP contribution is 2.22.